The quantitative estimate of drug-likeness (QED) is 0.659. The third-order valence-corrected chi connectivity index (χ3v) is 5.31. The first-order valence-corrected chi connectivity index (χ1v) is 10.2. The number of nitrogens with one attached hydrogen (secondary N) is 1. The number of hydrogen-bond donors (Lipinski definition) is 1. The summed E-state index contributed by atoms with van der Waals surface area (Å²) in [6.07, 6.45) is 1.26. The Bertz CT molecular complexity index is 774. The van der Waals surface area contributed by atoms with Gasteiger partial charge in [-0.05, 0) is 31.2 Å². The summed E-state index contributed by atoms with van der Waals surface area (Å²) in [5, 5.41) is 3.02. The van der Waals surface area contributed by atoms with E-state index in [0.717, 1.165) is 50.5 Å². The van der Waals surface area contributed by atoms with Crippen LogP contribution < -0.4 is 19.7 Å². The third kappa shape index (κ3) is 6.12. The highest BCUT2D eigenvalue weighted by atomic mass is 16.5. The zero-order valence-corrected chi connectivity index (χ0v) is 17.4. The Hall–Kier alpha value is -2.73. The minimum Gasteiger partial charge on any atom is -0.497 e. The number of nitrogens with zero attached hydrogens (tertiary/aromatic N) is 2. The summed E-state index contributed by atoms with van der Waals surface area (Å²) >= 11 is 0. The Balaban J connectivity index is 1.34. The van der Waals surface area contributed by atoms with Gasteiger partial charge in [0, 0.05) is 50.0 Å². The maximum absolute atomic E-state index is 12.3. The number of piperazine rings is 1. The Morgan fingerprint density at radius 2 is 1.76 bits per heavy atom. The molecule has 0 saturated carbocycles. The standard InChI is InChI=1S/C23H31N3O3/c1-28-21-10-9-19(22(18-21)29-2)17-23(27)24-11-6-12-25-13-15-26(16-14-25)20-7-4-3-5-8-20/h3-5,7-10,18H,6,11-17H2,1-2H3,(H,24,27). The van der Waals surface area contributed by atoms with Crippen molar-refractivity contribution < 1.29 is 14.3 Å². The molecule has 1 aliphatic rings. The van der Waals surface area contributed by atoms with E-state index in [1.165, 1.54) is 5.69 Å². The Labute approximate surface area is 173 Å². The molecular formula is C23H31N3O3. The van der Waals surface area contributed by atoms with E-state index in [4.69, 9.17) is 9.47 Å². The molecule has 0 aliphatic carbocycles. The molecule has 6 heteroatoms. The second kappa shape index (κ2) is 10.7. The highest BCUT2D eigenvalue weighted by molar-refractivity contribution is 5.79. The maximum Gasteiger partial charge on any atom is 0.224 e. The van der Waals surface area contributed by atoms with Crippen molar-refractivity contribution in [2.24, 2.45) is 0 Å². The van der Waals surface area contributed by atoms with Gasteiger partial charge in [-0.25, -0.2) is 0 Å². The number of carbonyl (C=O) groups excluding carboxylic acids is 1. The number of anilines is 1. The van der Waals surface area contributed by atoms with Crippen molar-refractivity contribution in [3.05, 3.63) is 54.1 Å². The molecule has 156 valence electrons. The van der Waals surface area contributed by atoms with E-state index < -0.39 is 0 Å². The van der Waals surface area contributed by atoms with Gasteiger partial charge in [-0.2, -0.15) is 0 Å². The second-order valence-corrected chi connectivity index (χ2v) is 7.22. The SMILES string of the molecule is COc1ccc(CC(=O)NCCCN2CCN(c3ccccc3)CC2)c(OC)c1. The first kappa shape index (κ1) is 21.0. The fourth-order valence-corrected chi connectivity index (χ4v) is 3.63. The molecule has 0 unspecified atom stereocenters. The molecule has 1 aliphatic heterocycles. The number of benzene rings is 2. The molecule has 1 heterocycles. The summed E-state index contributed by atoms with van der Waals surface area (Å²) in [6.45, 7) is 5.92. The van der Waals surface area contributed by atoms with Crippen molar-refractivity contribution in [2.75, 3.05) is 58.4 Å². The minimum atomic E-state index is 0.0161. The number of ether oxygens (including phenoxy) is 2. The molecule has 1 saturated heterocycles. The fraction of sp³-hybridized carbons (Fsp3) is 0.435. The van der Waals surface area contributed by atoms with Gasteiger partial charge in [-0.3, -0.25) is 9.69 Å². The Morgan fingerprint density at radius 3 is 2.45 bits per heavy atom. The van der Waals surface area contributed by atoms with Crippen molar-refractivity contribution >= 4 is 11.6 Å². The van der Waals surface area contributed by atoms with Gasteiger partial charge in [0.25, 0.3) is 0 Å². The van der Waals surface area contributed by atoms with Crippen LogP contribution in [0, 0.1) is 0 Å². The van der Waals surface area contributed by atoms with Gasteiger partial charge >= 0.3 is 0 Å². The fourth-order valence-electron chi connectivity index (χ4n) is 3.63. The first-order chi connectivity index (χ1) is 14.2. The highest BCUT2D eigenvalue weighted by Gasteiger charge is 2.16. The molecule has 0 radical (unpaired) electrons. The number of rotatable bonds is 9. The molecule has 0 atom stereocenters. The molecule has 6 nitrogen and oxygen atoms in total. The van der Waals surface area contributed by atoms with E-state index in [9.17, 15) is 4.79 Å². The second-order valence-electron chi connectivity index (χ2n) is 7.22. The van der Waals surface area contributed by atoms with Crippen LogP contribution in [0.4, 0.5) is 5.69 Å². The normalized spacial score (nSPS) is 14.5. The van der Waals surface area contributed by atoms with Gasteiger partial charge in [0.15, 0.2) is 0 Å². The van der Waals surface area contributed by atoms with Crippen LogP contribution in [0.3, 0.4) is 0 Å². The lowest BCUT2D eigenvalue weighted by Crippen LogP contribution is -2.47. The van der Waals surface area contributed by atoms with Crippen molar-refractivity contribution in [3.63, 3.8) is 0 Å². The van der Waals surface area contributed by atoms with E-state index in [0.29, 0.717) is 18.7 Å². The van der Waals surface area contributed by atoms with E-state index in [1.54, 1.807) is 20.3 Å². The van der Waals surface area contributed by atoms with Gasteiger partial charge in [-0.15, -0.1) is 0 Å². The monoisotopic (exact) mass is 397 g/mol. The van der Waals surface area contributed by atoms with Gasteiger partial charge in [0.05, 0.1) is 20.6 Å². The molecule has 0 bridgehead atoms. The van der Waals surface area contributed by atoms with Crippen LogP contribution >= 0.6 is 0 Å². The van der Waals surface area contributed by atoms with E-state index in [-0.39, 0.29) is 5.91 Å². The predicted octanol–water partition coefficient (Wildman–Crippen LogP) is 2.57. The number of methoxy groups -OCH3 is 2. The van der Waals surface area contributed by atoms with Crippen molar-refractivity contribution in [3.8, 4) is 11.5 Å². The average Bonchev–Trinajstić information content (AvgIpc) is 2.78. The van der Waals surface area contributed by atoms with E-state index in [2.05, 4.69) is 45.4 Å². The molecule has 2 aromatic rings. The van der Waals surface area contributed by atoms with Crippen LogP contribution in [0.15, 0.2) is 48.5 Å². The lowest BCUT2D eigenvalue weighted by atomic mass is 10.1. The number of hydrogen-bond acceptors (Lipinski definition) is 5. The number of para-hydroxylation sites is 1. The van der Waals surface area contributed by atoms with E-state index in [1.807, 2.05) is 12.1 Å². The van der Waals surface area contributed by atoms with Gasteiger partial charge in [0.1, 0.15) is 11.5 Å². The summed E-state index contributed by atoms with van der Waals surface area (Å²) < 4.78 is 10.6. The van der Waals surface area contributed by atoms with Crippen LogP contribution in [0.5, 0.6) is 11.5 Å². The summed E-state index contributed by atoms with van der Waals surface area (Å²) in [6, 6.07) is 16.1. The van der Waals surface area contributed by atoms with Gasteiger partial charge in [0.2, 0.25) is 5.91 Å². The summed E-state index contributed by atoms with van der Waals surface area (Å²) in [5.74, 6) is 1.41. The Morgan fingerprint density at radius 1 is 1.00 bits per heavy atom. The van der Waals surface area contributed by atoms with Crippen LogP contribution in [0.1, 0.15) is 12.0 Å². The largest absolute Gasteiger partial charge is 0.497 e. The van der Waals surface area contributed by atoms with Gasteiger partial charge < -0.3 is 19.7 Å². The minimum absolute atomic E-state index is 0.0161. The predicted molar refractivity (Wildman–Crippen MR) is 116 cm³/mol. The molecule has 3 rings (SSSR count). The van der Waals surface area contributed by atoms with Crippen LogP contribution in [-0.2, 0) is 11.2 Å². The van der Waals surface area contributed by atoms with Crippen molar-refractivity contribution in [1.82, 2.24) is 10.2 Å². The lowest BCUT2D eigenvalue weighted by molar-refractivity contribution is -0.120. The molecular weight excluding hydrogens is 366 g/mol. The summed E-state index contributed by atoms with van der Waals surface area (Å²) in [4.78, 5) is 17.2. The molecule has 2 aromatic carbocycles. The molecule has 0 spiro atoms. The van der Waals surface area contributed by atoms with Crippen LogP contribution in [0.2, 0.25) is 0 Å². The van der Waals surface area contributed by atoms with Crippen molar-refractivity contribution in [2.45, 2.75) is 12.8 Å². The molecule has 1 N–H and O–H groups in total. The lowest BCUT2D eigenvalue weighted by Gasteiger charge is -2.36. The third-order valence-electron chi connectivity index (χ3n) is 5.31. The topological polar surface area (TPSA) is 54.0 Å². The number of amides is 1. The Kier molecular flexibility index (Phi) is 7.76. The summed E-state index contributed by atoms with van der Waals surface area (Å²) in [5.41, 5.74) is 2.16. The zero-order chi connectivity index (χ0) is 20.5. The average molecular weight is 398 g/mol. The van der Waals surface area contributed by atoms with Gasteiger partial charge in [-0.1, -0.05) is 24.3 Å². The van der Waals surface area contributed by atoms with E-state index >= 15 is 0 Å². The van der Waals surface area contributed by atoms with Crippen LogP contribution in [0.25, 0.3) is 0 Å². The maximum atomic E-state index is 12.3. The highest BCUT2D eigenvalue weighted by Crippen LogP contribution is 2.24. The summed E-state index contributed by atoms with van der Waals surface area (Å²) in [7, 11) is 3.22. The van der Waals surface area contributed by atoms with Crippen LogP contribution in [-0.4, -0.2) is 64.3 Å². The first-order valence-electron chi connectivity index (χ1n) is 10.2. The molecule has 1 amide bonds. The smallest absolute Gasteiger partial charge is 0.224 e. The molecule has 29 heavy (non-hydrogen) atoms. The molecule has 0 aromatic heterocycles. The van der Waals surface area contributed by atoms with Crippen molar-refractivity contribution in [1.29, 1.82) is 0 Å². The zero-order valence-electron chi connectivity index (χ0n) is 17.4. The molecule has 1 fully saturated rings. The number of carbonyl (C=O) groups is 1.